The Morgan fingerprint density at radius 1 is 1.09 bits per heavy atom. The van der Waals surface area contributed by atoms with E-state index >= 15 is 0 Å². The van der Waals surface area contributed by atoms with Crippen LogP contribution in [0.15, 0.2) is 65.6 Å². The highest BCUT2D eigenvalue weighted by Crippen LogP contribution is 2.27. The van der Waals surface area contributed by atoms with Crippen molar-refractivity contribution in [2.45, 2.75) is 51.8 Å². The number of hydrogen-bond acceptors (Lipinski definition) is 7. The fourth-order valence-electron chi connectivity index (χ4n) is 4.51. The molecule has 4 aromatic rings. The Balaban J connectivity index is 1.50. The highest BCUT2D eigenvalue weighted by molar-refractivity contribution is 5.90. The molecular formula is C32H31F3N4O6. The van der Waals surface area contributed by atoms with Gasteiger partial charge in [0.15, 0.2) is 17.3 Å². The van der Waals surface area contributed by atoms with Crippen molar-refractivity contribution in [3.05, 3.63) is 106 Å². The number of ketones is 2. The Morgan fingerprint density at radius 3 is 2.62 bits per heavy atom. The number of halogens is 3. The number of aromatic nitrogens is 3. The summed E-state index contributed by atoms with van der Waals surface area (Å²) in [6.07, 6.45) is 4.32. The summed E-state index contributed by atoms with van der Waals surface area (Å²) in [5.74, 6) is -2.40. The van der Waals surface area contributed by atoms with Crippen molar-refractivity contribution in [3.63, 3.8) is 0 Å². The second-order valence-electron chi connectivity index (χ2n) is 10.1. The number of nitrogens with one attached hydrogen (secondary N) is 2. The van der Waals surface area contributed by atoms with Gasteiger partial charge >= 0.3 is 6.09 Å². The van der Waals surface area contributed by atoms with E-state index in [9.17, 15) is 32.3 Å². The Hall–Kier alpha value is -5.20. The van der Waals surface area contributed by atoms with Crippen LogP contribution in [0.1, 0.15) is 43.1 Å². The quantitative estimate of drug-likeness (QED) is 0.190. The number of alkyl carbamates (subject to hydrolysis) is 1. The molecule has 2 N–H and O–H groups in total. The summed E-state index contributed by atoms with van der Waals surface area (Å²) in [7, 11) is 1.17. The van der Waals surface area contributed by atoms with Crippen molar-refractivity contribution in [3.8, 4) is 5.75 Å². The number of imidazole rings is 1. The zero-order chi connectivity index (χ0) is 32.5. The molecule has 0 bridgehead atoms. The van der Waals surface area contributed by atoms with Crippen molar-refractivity contribution in [1.29, 1.82) is 0 Å². The molecule has 45 heavy (non-hydrogen) atoms. The molecule has 1 atom stereocenters. The molecule has 2 aromatic carbocycles. The summed E-state index contributed by atoms with van der Waals surface area (Å²) in [6, 6.07) is 7.43. The molecule has 0 saturated carbocycles. The number of methoxy groups -OCH3 is 1. The van der Waals surface area contributed by atoms with Crippen LogP contribution >= 0.6 is 0 Å². The van der Waals surface area contributed by atoms with Crippen LogP contribution in [0.5, 0.6) is 5.75 Å². The fraction of sp³-hybridized carbons (Fsp3) is 0.281. The number of hydrogen-bond donors (Lipinski definition) is 2. The first-order valence-electron chi connectivity index (χ1n) is 14.1. The van der Waals surface area contributed by atoms with Gasteiger partial charge in [-0.1, -0.05) is 19.1 Å². The van der Waals surface area contributed by atoms with E-state index in [1.54, 1.807) is 19.1 Å². The van der Waals surface area contributed by atoms with Gasteiger partial charge in [-0.05, 0) is 43.2 Å². The molecule has 0 radical (unpaired) electrons. The van der Waals surface area contributed by atoms with E-state index in [4.69, 9.17) is 4.74 Å². The third-order valence-corrected chi connectivity index (χ3v) is 6.89. The molecule has 13 heteroatoms. The number of rotatable bonds is 14. The normalized spacial score (nSPS) is 11.9. The summed E-state index contributed by atoms with van der Waals surface area (Å²) >= 11 is 0. The number of benzene rings is 2. The monoisotopic (exact) mass is 624 g/mol. The topological polar surface area (TPSA) is 132 Å². The maximum absolute atomic E-state index is 14.4. The lowest BCUT2D eigenvalue weighted by molar-refractivity contribution is -0.120. The maximum atomic E-state index is 14.4. The van der Waals surface area contributed by atoms with Crippen LogP contribution in [-0.2, 0) is 33.9 Å². The second-order valence-corrected chi connectivity index (χ2v) is 10.1. The third-order valence-electron chi connectivity index (χ3n) is 6.89. The lowest BCUT2D eigenvalue weighted by Gasteiger charge is -2.16. The number of ether oxygens (including phenoxy) is 2. The fourth-order valence-corrected chi connectivity index (χ4v) is 4.51. The highest BCUT2D eigenvalue weighted by atomic mass is 19.1. The number of nitrogens with zero attached hydrogens (tertiary/aromatic N) is 2. The maximum Gasteiger partial charge on any atom is 0.407 e. The Bertz CT molecular complexity index is 1800. The number of aromatic amines is 1. The standard InChI is InChI=1S/C32H31F3N4O6/c1-3-23(40)8-4-5-9-25(37-32(43)44-2)27(41)13-19-7-6-12-39(31(19)42)17-29-36-26-15-22(34)16-28(30(26)38-29)45-18-20-10-11-21(33)14-24(20)35/h4,6-8,10-12,14-16,25H,3,5,9,13,17-18H2,1-2H3,(H,36,38)(H,37,43)/b8-4+/t25-/m0/s1. The van der Waals surface area contributed by atoms with E-state index in [-0.39, 0.29) is 65.5 Å². The summed E-state index contributed by atoms with van der Waals surface area (Å²) in [4.78, 5) is 57.2. The van der Waals surface area contributed by atoms with Crippen molar-refractivity contribution in [1.82, 2.24) is 19.9 Å². The van der Waals surface area contributed by atoms with Gasteiger partial charge in [0.1, 0.15) is 35.4 Å². The first-order valence-corrected chi connectivity index (χ1v) is 14.1. The van der Waals surface area contributed by atoms with Gasteiger partial charge in [0.2, 0.25) is 0 Å². The molecule has 0 spiro atoms. The Labute approximate surface area is 255 Å². The van der Waals surface area contributed by atoms with Crippen LogP contribution in [0.4, 0.5) is 18.0 Å². The van der Waals surface area contributed by atoms with Crippen LogP contribution in [0.2, 0.25) is 0 Å². The Morgan fingerprint density at radius 2 is 1.89 bits per heavy atom. The molecule has 1 amide bonds. The number of allylic oxidation sites excluding steroid dienone is 2. The average molecular weight is 625 g/mol. The molecule has 0 aliphatic heterocycles. The predicted molar refractivity (Wildman–Crippen MR) is 158 cm³/mol. The lowest BCUT2D eigenvalue weighted by Crippen LogP contribution is -2.42. The molecule has 10 nitrogen and oxygen atoms in total. The molecule has 0 fully saturated rings. The van der Waals surface area contributed by atoms with Gasteiger partial charge in [0, 0.05) is 42.3 Å². The van der Waals surface area contributed by atoms with E-state index in [2.05, 4.69) is 20.0 Å². The zero-order valence-electron chi connectivity index (χ0n) is 24.6. The minimum absolute atomic E-state index is 0.0148. The van der Waals surface area contributed by atoms with Gasteiger partial charge in [-0.15, -0.1) is 0 Å². The summed E-state index contributed by atoms with van der Waals surface area (Å²) in [5, 5.41) is 2.48. The van der Waals surface area contributed by atoms with E-state index in [1.165, 1.54) is 42.1 Å². The molecular weight excluding hydrogens is 593 g/mol. The molecule has 0 saturated heterocycles. The number of H-pyrrole nitrogens is 1. The molecule has 0 aliphatic carbocycles. The van der Waals surface area contributed by atoms with Crippen LogP contribution in [0.25, 0.3) is 11.0 Å². The number of carbonyl (C=O) groups is 3. The highest BCUT2D eigenvalue weighted by Gasteiger charge is 2.22. The summed E-state index contributed by atoms with van der Waals surface area (Å²) in [5.41, 5.74) is 0.258. The van der Waals surface area contributed by atoms with Gasteiger partial charge in [-0.3, -0.25) is 14.4 Å². The minimum atomic E-state index is -0.959. The SMILES string of the molecule is CCC(=O)/C=C/CC[C@H](NC(=O)OC)C(=O)Cc1cccn(Cc2nc3c(OCc4ccc(F)cc4F)cc(F)cc3[nH]2)c1=O. The first-order chi connectivity index (χ1) is 21.6. The number of pyridine rings is 1. The largest absolute Gasteiger partial charge is 0.486 e. The van der Waals surface area contributed by atoms with Gasteiger partial charge in [0.25, 0.3) is 5.56 Å². The average Bonchev–Trinajstić information content (AvgIpc) is 3.41. The van der Waals surface area contributed by atoms with E-state index < -0.39 is 40.9 Å². The predicted octanol–water partition coefficient (Wildman–Crippen LogP) is 4.92. The number of amides is 1. The smallest absolute Gasteiger partial charge is 0.407 e. The number of carbonyl (C=O) groups excluding carboxylic acids is 3. The van der Waals surface area contributed by atoms with Crippen LogP contribution in [-0.4, -0.2) is 45.3 Å². The molecule has 236 valence electrons. The zero-order valence-corrected chi connectivity index (χ0v) is 24.6. The van der Waals surface area contributed by atoms with Gasteiger partial charge in [0.05, 0.1) is 25.2 Å². The van der Waals surface area contributed by atoms with Gasteiger partial charge in [-0.2, -0.15) is 0 Å². The second kappa shape index (κ2) is 15.0. The van der Waals surface area contributed by atoms with Crippen LogP contribution in [0.3, 0.4) is 0 Å². The Kier molecular flexibility index (Phi) is 10.9. The lowest BCUT2D eigenvalue weighted by atomic mass is 10.0. The van der Waals surface area contributed by atoms with Crippen molar-refractivity contribution >= 4 is 28.7 Å². The number of fused-ring (bicyclic) bond motifs is 1. The van der Waals surface area contributed by atoms with Crippen molar-refractivity contribution < 1.29 is 37.0 Å². The molecule has 0 unspecified atom stereocenters. The van der Waals surface area contributed by atoms with Crippen molar-refractivity contribution in [2.24, 2.45) is 0 Å². The van der Waals surface area contributed by atoms with E-state index in [1.807, 2.05) is 0 Å². The van der Waals surface area contributed by atoms with Crippen molar-refractivity contribution in [2.75, 3.05) is 7.11 Å². The molecule has 2 heterocycles. The van der Waals surface area contributed by atoms with E-state index in [0.29, 0.717) is 12.8 Å². The first kappa shape index (κ1) is 32.7. The van der Waals surface area contributed by atoms with E-state index in [0.717, 1.165) is 18.2 Å². The molecule has 0 aliphatic rings. The van der Waals surface area contributed by atoms with Crippen LogP contribution in [0, 0.1) is 17.5 Å². The van der Waals surface area contributed by atoms with Crippen LogP contribution < -0.4 is 15.6 Å². The van der Waals surface area contributed by atoms with Gasteiger partial charge in [-0.25, -0.2) is 22.9 Å². The minimum Gasteiger partial charge on any atom is -0.486 e. The molecule has 2 aromatic heterocycles. The molecule has 4 rings (SSSR count). The van der Waals surface area contributed by atoms with Gasteiger partial charge < -0.3 is 24.3 Å². The summed E-state index contributed by atoms with van der Waals surface area (Å²) in [6.45, 7) is 1.36. The number of Topliss-reactive ketones (excluding diaryl/α,β-unsaturated/α-hetero) is 1. The third kappa shape index (κ3) is 8.68. The summed E-state index contributed by atoms with van der Waals surface area (Å²) < 4.78 is 53.2.